The summed E-state index contributed by atoms with van der Waals surface area (Å²) in [5.41, 5.74) is 3.74. The molecule has 2 saturated heterocycles. The normalized spacial score (nSPS) is 22.1. The second-order valence-electron chi connectivity index (χ2n) is 22.5. The van der Waals surface area contributed by atoms with Crippen LogP contribution in [0.25, 0.3) is 0 Å². The lowest BCUT2D eigenvalue weighted by atomic mass is 9.85. The number of amides is 8. The minimum absolute atomic E-state index is 0.0422. The summed E-state index contributed by atoms with van der Waals surface area (Å²) in [5, 5.41) is 23.9. The first kappa shape index (κ1) is 59.3. The van der Waals surface area contributed by atoms with Gasteiger partial charge in [0.15, 0.2) is 0 Å². The van der Waals surface area contributed by atoms with Crippen LogP contribution in [0.5, 0.6) is 11.5 Å². The fourth-order valence-corrected chi connectivity index (χ4v) is 11.2. The molecule has 20 nitrogen and oxygen atoms in total. The molecule has 2 fully saturated rings. The van der Waals surface area contributed by atoms with Crippen molar-refractivity contribution in [2.45, 2.75) is 153 Å². The molecule has 3 aromatic rings. The van der Waals surface area contributed by atoms with E-state index in [9.17, 15) is 38.4 Å². The molecule has 3 aromatic carbocycles. The first-order valence-corrected chi connectivity index (χ1v) is 27.4. The molecule has 426 valence electrons. The van der Waals surface area contributed by atoms with Crippen molar-refractivity contribution in [1.29, 1.82) is 0 Å². The van der Waals surface area contributed by atoms with Crippen molar-refractivity contribution in [3.05, 3.63) is 106 Å². The maximum Gasteiger partial charge on any atom is 0.251 e. The Morgan fingerprint density at radius 3 is 1.47 bits per heavy atom. The number of ether oxygens (including phenoxy) is 2. The van der Waals surface area contributed by atoms with Gasteiger partial charge in [0, 0.05) is 36.3 Å². The smallest absolute Gasteiger partial charge is 0.251 e. The van der Waals surface area contributed by atoms with E-state index in [1.165, 1.54) is 15.9 Å². The highest BCUT2D eigenvalue weighted by molar-refractivity contribution is 6.01. The summed E-state index contributed by atoms with van der Waals surface area (Å²) in [7, 11) is 6.49. The third-order valence-corrected chi connectivity index (χ3v) is 15.9. The van der Waals surface area contributed by atoms with Crippen LogP contribution in [0.1, 0.15) is 135 Å². The Bertz CT molecular complexity index is 2810. The maximum atomic E-state index is 14.8. The van der Waals surface area contributed by atoms with Gasteiger partial charge in [-0.15, -0.1) is 0 Å². The molecule has 8 amide bonds. The molecule has 0 aromatic heterocycles. The summed E-state index contributed by atoms with van der Waals surface area (Å²) in [6.07, 6.45) is 4.62. The molecule has 10 atom stereocenters. The molecule has 0 spiro atoms. The van der Waals surface area contributed by atoms with Gasteiger partial charge in [0.1, 0.15) is 35.7 Å². The van der Waals surface area contributed by atoms with Crippen molar-refractivity contribution < 1.29 is 47.8 Å². The number of benzene rings is 3. The average molecular weight is 1090 g/mol. The van der Waals surface area contributed by atoms with Crippen molar-refractivity contribution in [2.24, 2.45) is 5.41 Å². The monoisotopic (exact) mass is 1090 g/mol. The zero-order valence-electron chi connectivity index (χ0n) is 47.3. The fourth-order valence-electron chi connectivity index (χ4n) is 11.2. The molecule has 0 unspecified atom stereocenters. The van der Waals surface area contributed by atoms with E-state index in [1.54, 1.807) is 67.3 Å². The van der Waals surface area contributed by atoms with Crippen molar-refractivity contribution in [3.63, 3.8) is 0 Å². The molecule has 2 aliphatic heterocycles. The first-order valence-electron chi connectivity index (χ1n) is 27.4. The molecule has 2 heterocycles. The molecule has 0 radical (unpaired) electrons. The van der Waals surface area contributed by atoms with E-state index < -0.39 is 95.1 Å². The summed E-state index contributed by atoms with van der Waals surface area (Å²) in [4.78, 5) is 116. The topological polar surface area (TPSA) is 258 Å². The van der Waals surface area contributed by atoms with Gasteiger partial charge in [-0.25, -0.2) is 0 Å². The van der Waals surface area contributed by atoms with Crippen LogP contribution in [0.2, 0.25) is 0 Å². The average Bonchev–Trinajstić information content (AvgIpc) is 4.10. The summed E-state index contributed by atoms with van der Waals surface area (Å²) >= 11 is 0. The van der Waals surface area contributed by atoms with E-state index in [2.05, 4.69) is 49.1 Å². The highest BCUT2D eigenvalue weighted by Gasteiger charge is 2.47. The number of carbonyl (C=O) groups excluding carboxylic acids is 8. The van der Waals surface area contributed by atoms with Crippen molar-refractivity contribution in [1.82, 2.24) is 52.3 Å². The molecule has 7 rings (SSSR count). The van der Waals surface area contributed by atoms with E-state index in [1.807, 2.05) is 57.2 Å². The second-order valence-corrected chi connectivity index (χ2v) is 22.5. The van der Waals surface area contributed by atoms with Gasteiger partial charge in [0.2, 0.25) is 35.4 Å². The lowest BCUT2D eigenvalue weighted by molar-refractivity contribution is -0.144. The van der Waals surface area contributed by atoms with Crippen LogP contribution < -0.4 is 52.0 Å². The number of likely N-dealkylation sites (tertiary alicyclic amines) is 2. The molecule has 0 bridgehead atoms. The van der Waals surface area contributed by atoms with Crippen molar-refractivity contribution >= 4 is 47.3 Å². The zero-order chi connectivity index (χ0) is 57.5. The van der Waals surface area contributed by atoms with E-state index in [-0.39, 0.29) is 55.0 Å². The third-order valence-electron chi connectivity index (χ3n) is 15.9. The second kappa shape index (κ2) is 25.6. The molecule has 20 heteroatoms. The lowest BCUT2D eigenvalue weighted by Gasteiger charge is -2.36. The Morgan fingerprint density at radius 1 is 0.620 bits per heavy atom. The molecule has 2 aliphatic carbocycles. The SMILES string of the molecule is C=C(C)[C@H](NC(=O)[C@H](C)NC)C(=O)N1C[C@@H](NC(=O)c2cccc(C(=O)N[C@H]3C[C@@H](C(=O)N[C@@H]4CCCc5c(OC)cccc54)N(C(=O)[C@@H](NC(=O)[C@H](C)NC)C(C)(C)C)C3)c2)C[C@H]1C(=O)N[C@@H]1CCCc2c(OC)cccc21. The fraction of sp³-hybridized carbons (Fsp3) is 0.525. The number of nitrogens with zero attached hydrogens (tertiary/aromatic N) is 2. The molecule has 8 N–H and O–H groups in total. The Hall–Kier alpha value is -7.32. The van der Waals surface area contributed by atoms with Crippen LogP contribution in [0.3, 0.4) is 0 Å². The van der Waals surface area contributed by atoms with Gasteiger partial charge in [0.05, 0.1) is 38.4 Å². The van der Waals surface area contributed by atoms with Gasteiger partial charge in [-0.2, -0.15) is 0 Å². The van der Waals surface area contributed by atoms with E-state index in [0.29, 0.717) is 18.4 Å². The number of carbonyl (C=O) groups is 8. The Kier molecular flexibility index (Phi) is 19.3. The lowest BCUT2D eigenvalue weighted by Crippen LogP contribution is -2.59. The van der Waals surface area contributed by atoms with Gasteiger partial charge in [-0.05, 0) is 150 Å². The van der Waals surface area contributed by atoms with Crippen molar-refractivity contribution in [2.75, 3.05) is 41.4 Å². The number of nitrogens with one attached hydrogen (secondary N) is 8. The van der Waals surface area contributed by atoms with Gasteiger partial charge in [-0.3, -0.25) is 38.4 Å². The predicted molar refractivity (Wildman–Crippen MR) is 298 cm³/mol. The van der Waals surface area contributed by atoms with Gasteiger partial charge in [-0.1, -0.05) is 57.7 Å². The van der Waals surface area contributed by atoms with Gasteiger partial charge >= 0.3 is 0 Å². The minimum Gasteiger partial charge on any atom is -0.496 e. The quantitative estimate of drug-likeness (QED) is 0.0806. The van der Waals surface area contributed by atoms with Crippen LogP contribution in [0, 0.1) is 5.41 Å². The van der Waals surface area contributed by atoms with Gasteiger partial charge in [0.25, 0.3) is 11.8 Å². The number of likely N-dealkylation sites (N-methyl/N-ethyl adjacent to an activating group) is 2. The highest BCUT2D eigenvalue weighted by atomic mass is 16.5. The number of hydrogen-bond acceptors (Lipinski definition) is 12. The van der Waals surface area contributed by atoms with Crippen LogP contribution in [0.15, 0.2) is 72.8 Å². The Labute approximate surface area is 463 Å². The molecular weight excluding hydrogens is 1010 g/mol. The summed E-state index contributed by atoms with van der Waals surface area (Å²) in [6.45, 7) is 14.3. The summed E-state index contributed by atoms with van der Waals surface area (Å²) in [6, 6.07) is 9.94. The Morgan fingerprint density at radius 2 is 1.05 bits per heavy atom. The number of fused-ring (bicyclic) bond motifs is 2. The summed E-state index contributed by atoms with van der Waals surface area (Å²) in [5.74, 6) is -2.32. The highest BCUT2D eigenvalue weighted by Crippen LogP contribution is 2.38. The number of rotatable bonds is 19. The third kappa shape index (κ3) is 13.6. The van der Waals surface area contributed by atoms with Crippen LogP contribution in [-0.2, 0) is 41.6 Å². The number of methoxy groups -OCH3 is 2. The standard InChI is InChI=1S/C59H80N10O10/c1-32(2)49(66-51(70)33(3)60-8)57(76)68-30-37(28-45(68)55(74)64-43-23-13-21-41-39(43)19-15-25-47(41)78-10)62-53(72)35-17-12-18-36(27-35)54(73)63-38-29-46(56(75)65-44-24-14-22-42-40(44)20-16-26-48(42)79-11)69(31-38)58(77)50(59(5,6)7)67-52(71)34(4)61-9/h12,15-20,25-27,33-34,37-38,43-46,49-50,60-61H,1,13-14,21-24,28-31H2,2-11H3,(H,62,72)(H,63,73)(H,64,74)(H,65,75)(H,66,70)(H,67,71)/t33-,34-,37-,38-,43+,44+,45-,46-,49-,50+/m0/s1. The van der Waals surface area contributed by atoms with Crippen LogP contribution in [-0.4, -0.2) is 147 Å². The molecule has 0 saturated carbocycles. The van der Waals surface area contributed by atoms with Gasteiger partial charge < -0.3 is 61.8 Å². The predicted octanol–water partition coefficient (Wildman–Crippen LogP) is 3.30. The van der Waals surface area contributed by atoms with Crippen LogP contribution in [0.4, 0.5) is 0 Å². The van der Waals surface area contributed by atoms with E-state index >= 15 is 0 Å². The molecule has 79 heavy (non-hydrogen) atoms. The van der Waals surface area contributed by atoms with E-state index in [0.717, 1.165) is 59.4 Å². The zero-order valence-corrected chi connectivity index (χ0v) is 47.3. The largest absolute Gasteiger partial charge is 0.496 e. The van der Waals surface area contributed by atoms with Crippen LogP contribution >= 0.6 is 0 Å². The first-order chi connectivity index (χ1) is 37.6. The maximum absolute atomic E-state index is 14.8. The minimum atomic E-state index is -1.16. The molecular formula is C59H80N10O10. The summed E-state index contributed by atoms with van der Waals surface area (Å²) < 4.78 is 11.3. The van der Waals surface area contributed by atoms with Crippen molar-refractivity contribution in [3.8, 4) is 11.5 Å². The van der Waals surface area contributed by atoms with E-state index in [4.69, 9.17) is 9.47 Å². The number of hydrogen-bond donors (Lipinski definition) is 8. The molecule has 4 aliphatic rings. The Balaban J connectivity index is 1.09.